The first kappa shape index (κ1) is 18.9. The fraction of sp³-hybridized carbons (Fsp3) is 0.450. The third-order valence-corrected chi connectivity index (χ3v) is 5.25. The number of nitrogens with zero attached hydrogens (tertiary/aromatic N) is 1. The number of hydrogen-bond acceptors (Lipinski definition) is 3. The minimum atomic E-state index is -0.936. The van der Waals surface area contributed by atoms with E-state index in [4.69, 9.17) is 5.11 Å². The van der Waals surface area contributed by atoms with E-state index in [9.17, 15) is 14.4 Å². The monoisotopic (exact) mass is 371 g/mol. The molecule has 1 aliphatic carbocycles. The second-order valence-electron chi connectivity index (χ2n) is 7.36. The summed E-state index contributed by atoms with van der Waals surface area (Å²) in [5, 5.41) is 14.8. The molecule has 0 spiro atoms. The molecule has 0 bridgehead atoms. The highest BCUT2D eigenvalue weighted by Crippen LogP contribution is 2.29. The van der Waals surface area contributed by atoms with Gasteiger partial charge in [-0.05, 0) is 49.8 Å². The van der Waals surface area contributed by atoms with Crippen LogP contribution in [0.1, 0.15) is 53.7 Å². The Morgan fingerprint density at radius 1 is 1.26 bits per heavy atom. The van der Waals surface area contributed by atoms with Crippen molar-refractivity contribution < 1.29 is 14.7 Å². The zero-order chi connectivity index (χ0) is 19.6. The van der Waals surface area contributed by atoms with E-state index in [2.05, 4.69) is 10.4 Å². The second-order valence-corrected chi connectivity index (χ2v) is 7.36. The van der Waals surface area contributed by atoms with Crippen LogP contribution in [0, 0.1) is 19.8 Å². The van der Waals surface area contributed by atoms with Crippen LogP contribution in [-0.2, 0) is 4.79 Å². The summed E-state index contributed by atoms with van der Waals surface area (Å²) in [4.78, 5) is 36.2. The van der Waals surface area contributed by atoms with Gasteiger partial charge in [0.15, 0.2) is 0 Å². The summed E-state index contributed by atoms with van der Waals surface area (Å²) in [5.74, 6) is -1.22. The maximum Gasteiger partial charge on any atom is 0.305 e. The molecule has 7 nitrogen and oxygen atoms in total. The van der Waals surface area contributed by atoms with Crippen molar-refractivity contribution >= 4 is 11.9 Å². The van der Waals surface area contributed by atoms with Gasteiger partial charge in [0.1, 0.15) is 5.69 Å². The van der Waals surface area contributed by atoms with Crippen molar-refractivity contribution in [1.82, 2.24) is 15.1 Å². The minimum absolute atomic E-state index is 0.113. The van der Waals surface area contributed by atoms with E-state index < -0.39 is 17.9 Å². The summed E-state index contributed by atoms with van der Waals surface area (Å²) in [6.45, 7) is 3.83. The van der Waals surface area contributed by atoms with Crippen molar-refractivity contribution in [3.8, 4) is 5.69 Å². The van der Waals surface area contributed by atoms with E-state index in [1.54, 1.807) is 0 Å². The molecule has 27 heavy (non-hydrogen) atoms. The maximum absolute atomic E-state index is 12.7. The van der Waals surface area contributed by atoms with E-state index in [1.807, 2.05) is 32.0 Å². The lowest BCUT2D eigenvalue weighted by atomic mass is 9.95. The van der Waals surface area contributed by atoms with Gasteiger partial charge in [0, 0.05) is 12.1 Å². The summed E-state index contributed by atoms with van der Waals surface area (Å²) < 4.78 is 1.35. The van der Waals surface area contributed by atoms with Crippen molar-refractivity contribution in [2.45, 2.75) is 52.0 Å². The summed E-state index contributed by atoms with van der Waals surface area (Å²) in [6, 6.07) is 6.58. The largest absolute Gasteiger partial charge is 0.481 e. The first-order chi connectivity index (χ1) is 12.8. The van der Waals surface area contributed by atoms with E-state index in [-0.39, 0.29) is 23.6 Å². The topological polar surface area (TPSA) is 104 Å². The molecule has 144 valence electrons. The number of aryl methyl sites for hydroxylation is 2. The highest BCUT2D eigenvalue weighted by Gasteiger charge is 2.29. The van der Waals surface area contributed by atoms with Gasteiger partial charge in [0.05, 0.1) is 12.1 Å². The van der Waals surface area contributed by atoms with E-state index in [0.29, 0.717) is 5.69 Å². The number of hydrogen-bond donors (Lipinski definition) is 3. The smallest absolute Gasteiger partial charge is 0.305 e. The molecule has 0 radical (unpaired) electrons. The number of carbonyl (C=O) groups excluding carboxylic acids is 1. The van der Waals surface area contributed by atoms with Gasteiger partial charge < -0.3 is 10.4 Å². The minimum Gasteiger partial charge on any atom is -0.481 e. The number of H-pyrrole nitrogens is 1. The number of carboxylic acid groups (broad SMARTS) is 1. The van der Waals surface area contributed by atoms with Gasteiger partial charge in [-0.15, -0.1) is 0 Å². The van der Waals surface area contributed by atoms with Crippen molar-refractivity contribution in [2.75, 3.05) is 0 Å². The standard InChI is InChI=1S/C20H25N3O4/c1-12-7-8-13(2)17(9-12)23-18(24)10-16(22-23)20(27)21-15(11-19(25)26)14-5-3-4-6-14/h7-10,14-15,22H,3-6,11H2,1-2H3,(H,21,27)(H,25,26). The van der Waals surface area contributed by atoms with Crippen LogP contribution in [0.2, 0.25) is 0 Å². The van der Waals surface area contributed by atoms with Crippen LogP contribution >= 0.6 is 0 Å². The predicted molar refractivity (Wildman–Crippen MR) is 101 cm³/mol. The molecule has 1 aliphatic rings. The normalized spacial score (nSPS) is 15.6. The Bertz CT molecular complexity index is 906. The Labute approximate surface area is 157 Å². The molecule has 3 N–H and O–H groups in total. The molecular formula is C20H25N3O4. The lowest BCUT2D eigenvalue weighted by Crippen LogP contribution is -2.41. The number of nitrogens with one attached hydrogen (secondary N) is 2. The number of carbonyl (C=O) groups is 2. The fourth-order valence-electron chi connectivity index (χ4n) is 3.78. The average Bonchev–Trinajstić information content (AvgIpc) is 3.26. The van der Waals surface area contributed by atoms with Crippen molar-refractivity contribution in [1.29, 1.82) is 0 Å². The lowest BCUT2D eigenvalue weighted by molar-refractivity contribution is -0.137. The van der Waals surface area contributed by atoms with Crippen LogP contribution in [0.3, 0.4) is 0 Å². The highest BCUT2D eigenvalue weighted by molar-refractivity contribution is 5.92. The van der Waals surface area contributed by atoms with Gasteiger partial charge in [0.25, 0.3) is 11.5 Å². The molecule has 1 aromatic carbocycles. The molecule has 1 fully saturated rings. The third-order valence-electron chi connectivity index (χ3n) is 5.25. The molecule has 1 amide bonds. The zero-order valence-electron chi connectivity index (χ0n) is 15.6. The summed E-state index contributed by atoms with van der Waals surface area (Å²) in [6.07, 6.45) is 3.82. The molecule has 0 aliphatic heterocycles. The van der Waals surface area contributed by atoms with Gasteiger partial charge in [0.2, 0.25) is 0 Å². The first-order valence-corrected chi connectivity index (χ1v) is 9.27. The van der Waals surface area contributed by atoms with Gasteiger partial charge in [-0.1, -0.05) is 25.0 Å². The highest BCUT2D eigenvalue weighted by atomic mass is 16.4. The lowest BCUT2D eigenvalue weighted by Gasteiger charge is -2.22. The summed E-state index contributed by atoms with van der Waals surface area (Å²) in [5.41, 5.74) is 2.41. The van der Waals surface area contributed by atoms with Crippen LogP contribution in [0.15, 0.2) is 29.1 Å². The van der Waals surface area contributed by atoms with Crippen LogP contribution in [0.25, 0.3) is 5.69 Å². The number of benzene rings is 1. The number of aromatic amines is 1. The number of aromatic nitrogens is 2. The van der Waals surface area contributed by atoms with Crippen LogP contribution < -0.4 is 10.9 Å². The molecule has 0 saturated heterocycles. The van der Waals surface area contributed by atoms with Crippen molar-refractivity contribution in [2.24, 2.45) is 5.92 Å². The quantitative estimate of drug-likeness (QED) is 0.726. The average molecular weight is 371 g/mol. The maximum atomic E-state index is 12.7. The Hall–Kier alpha value is -2.83. The number of carboxylic acids is 1. The molecule has 7 heteroatoms. The van der Waals surface area contributed by atoms with Gasteiger partial charge >= 0.3 is 5.97 Å². The fourth-order valence-corrected chi connectivity index (χ4v) is 3.78. The van der Waals surface area contributed by atoms with Crippen LogP contribution in [0.4, 0.5) is 0 Å². The van der Waals surface area contributed by atoms with E-state index in [0.717, 1.165) is 36.8 Å². The Morgan fingerprint density at radius 2 is 1.96 bits per heavy atom. The molecule has 1 heterocycles. The Morgan fingerprint density at radius 3 is 2.63 bits per heavy atom. The molecule has 1 aromatic heterocycles. The third kappa shape index (κ3) is 4.30. The van der Waals surface area contributed by atoms with Gasteiger partial charge in [-0.25, -0.2) is 4.68 Å². The number of aliphatic carboxylic acids is 1. The molecule has 2 aromatic rings. The molecular weight excluding hydrogens is 346 g/mol. The second kappa shape index (κ2) is 7.82. The Balaban J connectivity index is 1.83. The first-order valence-electron chi connectivity index (χ1n) is 9.27. The van der Waals surface area contributed by atoms with Crippen LogP contribution in [0.5, 0.6) is 0 Å². The molecule has 3 rings (SSSR count). The molecule has 1 unspecified atom stereocenters. The van der Waals surface area contributed by atoms with E-state index >= 15 is 0 Å². The summed E-state index contributed by atoms with van der Waals surface area (Å²) >= 11 is 0. The van der Waals surface area contributed by atoms with Crippen LogP contribution in [-0.4, -0.2) is 32.8 Å². The molecule has 1 saturated carbocycles. The van der Waals surface area contributed by atoms with Crippen molar-refractivity contribution in [3.63, 3.8) is 0 Å². The SMILES string of the molecule is Cc1ccc(C)c(-n2[nH]c(C(=O)NC(CC(=O)O)C3CCCC3)cc2=O)c1. The number of rotatable bonds is 6. The molecule has 1 atom stereocenters. The summed E-state index contributed by atoms with van der Waals surface area (Å²) in [7, 11) is 0. The predicted octanol–water partition coefficient (Wildman–Crippen LogP) is 2.55. The zero-order valence-corrected chi connectivity index (χ0v) is 15.6. The van der Waals surface area contributed by atoms with Gasteiger partial charge in [-0.2, -0.15) is 0 Å². The van der Waals surface area contributed by atoms with Crippen molar-refractivity contribution in [3.05, 3.63) is 51.4 Å². The van der Waals surface area contributed by atoms with E-state index in [1.165, 1.54) is 10.7 Å². The number of amides is 1. The Kier molecular flexibility index (Phi) is 5.48. The van der Waals surface area contributed by atoms with Gasteiger partial charge in [-0.3, -0.25) is 19.5 Å².